The molecule has 0 atom stereocenters. The van der Waals surface area contributed by atoms with Gasteiger partial charge in [0.05, 0.1) is 14.2 Å². The molecule has 1 aromatic heterocycles. The quantitative estimate of drug-likeness (QED) is 0.265. The van der Waals surface area contributed by atoms with Crippen LogP contribution in [0.25, 0.3) is 11.0 Å². The molecule has 0 saturated carbocycles. The summed E-state index contributed by atoms with van der Waals surface area (Å²) in [6.07, 6.45) is 5.45. The van der Waals surface area contributed by atoms with E-state index in [0.717, 1.165) is 71.4 Å². The van der Waals surface area contributed by atoms with Crippen molar-refractivity contribution in [2.45, 2.75) is 38.6 Å². The Morgan fingerprint density at radius 2 is 1.79 bits per heavy atom. The van der Waals surface area contributed by atoms with E-state index in [0.29, 0.717) is 12.3 Å². The van der Waals surface area contributed by atoms with Crippen molar-refractivity contribution in [3.8, 4) is 11.5 Å². The van der Waals surface area contributed by atoms with Crippen molar-refractivity contribution in [3.05, 3.63) is 56.9 Å². The third kappa shape index (κ3) is 6.00. The number of carbonyl (C=O) groups excluding carboxylic acids is 1. The third-order valence-electron chi connectivity index (χ3n) is 6.19. The number of ether oxygens (including phenoxy) is 2. The average Bonchev–Trinajstić information content (AvgIpc) is 3.25. The van der Waals surface area contributed by atoms with Gasteiger partial charge in [0, 0.05) is 28.6 Å². The lowest BCUT2D eigenvalue weighted by atomic mass is 9.98. The van der Waals surface area contributed by atoms with E-state index in [4.69, 9.17) is 13.9 Å². The van der Waals surface area contributed by atoms with Gasteiger partial charge in [0.15, 0.2) is 17.3 Å². The number of unbranched alkanes of at least 4 members (excludes halogenated alkanes) is 3. The topological polar surface area (TPSA) is 63.9 Å². The van der Waals surface area contributed by atoms with Crippen LogP contribution >= 0.6 is 22.6 Å². The number of carbonyl (C=O) groups is 1. The summed E-state index contributed by atoms with van der Waals surface area (Å²) in [5, 5.41) is 3.94. The molecular weight excluding hydrogens is 531 g/mol. The average molecular weight is 562 g/mol. The number of hydrogen-bond donors (Lipinski definition) is 1. The minimum atomic E-state index is -0.139. The summed E-state index contributed by atoms with van der Waals surface area (Å²) >= 11 is 2.26. The van der Waals surface area contributed by atoms with Crippen LogP contribution < -0.4 is 14.8 Å². The molecule has 0 radical (unpaired) electrons. The van der Waals surface area contributed by atoms with Gasteiger partial charge in [0.1, 0.15) is 5.58 Å². The van der Waals surface area contributed by atoms with E-state index in [9.17, 15) is 4.79 Å². The molecule has 6 nitrogen and oxygen atoms in total. The summed E-state index contributed by atoms with van der Waals surface area (Å²) in [5.74, 6) is 1.86. The molecule has 1 aliphatic heterocycles. The van der Waals surface area contributed by atoms with Crippen LogP contribution in [-0.2, 0) is 13.0 Å². The zero-order valence-corrected chi connectivity index (χ0v) is 21.4. The van der Waals surface area contributed by atoms with Crippen LogP contribution in [0.5, 0.6) is 11.5 Å². The Morgan fingerprint density at radius 1 is 1.03 bits per heavy atom. The van der Waals surface area contributed by atoms with Crippen molar-refractivity contribution < 1.29 is 18.7 Å². The van der Waals surface area contributed by atoms with Gasteiger partial charge in [0.25, 0.3) is 5.91 Å². The summed E-state index contributed by atoms with van der Waals surface area (Å²) in [6, 6.07) is 11.9. The third-order valence-corrected chi connectivity index (χ3v) is 6.86. The van der Waals surface area contributed by atoms with Gasteiger partial charge in [0.2, 0.25) is 0 Å². The van der Waals surface area contributed by atoms with Crippen LogP contribution in [0.2, 0.25) is 0 Å². The summed E-state index contributed by atoms with van der Waals surface area (Å²) in [5.41, 5.74) is 3.44. The number of benzene rings is 2. The molecule has 1 amide bonds. The van der Waals surface area contributed by atoms with Gasteiger partial charge in [-0.25, -0.2) is 0 Å². The summed E-state index contributed by atoms with van der Waals surface area (Å²) in [6.45, 7) is 3.81. The van der Waals surface area contributed by atoms with Crippen LogP contribution in [0, 0.1) is 3.57 Å². The van der Waals surface area contributed by atoms with Crippen LogP contribution in [0.3, 0.4) is 0 Å². The Bertz CT molecular complexity index is 1110. The van der Waals surface area contributed by atoms with Crippen molar-refractivity contribution >= 4 is 39.5 Å². The van der Waals surface area contributed by atoms with Gasteiger partial charge in [-0.05, 0) is 95.9 Å². The van der Waals surface area contributed by atoms with Crippen molar-refractivity contribution in [2.75, 3.05) is 33.9 Å². The number of furan rings is 1. The maximum atomic E-state index is 12.4. The normalized spacial score (nSPS) is 13.7. The van der Waals surface area contributed by atoms with Crippen LogP contribution in [0.1, 0.15) is 47.4 Å². The van der Waals surface area contributed by atoms with Crippen molar-refractivity contribution in [2.24, 2.45) is 0 Å². The first kappa shape index (κ1) is 23.9. The van der Waals surface area contributed by atoms with Gasteiger partial charge in [-0.2, -0.15) is 0 Å². The number of amides is 1. The van der Waals surface area contributed by atoms with Crippen LogP contribution in [0.4, 0.5) is 0 Å². The molecule has 0 saturated heterocycles. The fourth-order valence-corrected chi connectivity index (χ4v) is 4.88. The van der Waals surface area contributed by atoms with Crippen molar-refractivity contribution in [3.63, 3.8) is 0 Å². The van der Waals surface area contributed by atoms with E-state index >= 15 is 0 Å². The Kier molecular flexibility index (Phi) is 8.14. The molecule has 2 aromatic carbocycles. The lowest BCUT2D eigenvalue weighted by Crippen LogP contribution is -2.31. The highest BCUT2D eigenvalue weighted by molar-refractivity contribution is 14.1. The first-order valence-corrected chi connectivity index (χ1v) is 12.6. The Labute approximate surface area is 208 Å². The highest BCUT2D eigenvalue weighted by Gasteiger charge is 2.19. The minimum Gasteiger partial charge on any atom is -0.493 e. The van der Waals surface area contributed by atoms with E-state index < -0.39 is 0 Å². The fourth-order valence-electron chi connectivity index (χ4n) is 4.36. The largest absolute Gasteiger partial charge is 0.493 e. The molecule has 0 unspecified atom stereocenters. The molecule has 3 aromatic rings. The molecule has 0 bridgehead atoms. The van der Waals surface area contributed by atoms with E-state index in [-0.39, 0.29) is 5.91 Å². The van der Waals surface area contributed by atoms with Gasteiger partial charge in [-0.3, -0.25) is 9.69 Å². The fraction of sp³-hybridized carbons (Fsp3) is 0.423. The Morgan fingerprint density at radius 3 is 2.58 bits per heavy atom. The van der Waals surface area contributed by atoms with Crippen LogP contribution in [-0.4, -0.2) is 44.7 Å². The van der Waals surface area contributed by atoms with E-state index in [2.05, 4.69) is 44.9 Å². The second kappa shape index (κ2) is 11.2. The van der Waals surface area contributed by atoms with Gasteiger partial charge in [-0.1, -0.05) is 12.8 Å². The first-order chi connectivity index (χ1) is 16.1. The molecule has 4 rings (SSSR count). The first-order valence-electron chi connectivity index (χ1n) is 11.5. The summed E-state index contributed by atoms with van der Waals surface area (Å²) < 4.78 is 17.7. The minimum absolute atomic E-state index is 0.139. The Hall–Kier alpha value is -2.26. The molecule has 33 heavy (non-hydrogen) atoms. The predicted octanol–water partition coefficient (Wildman–Crippen LogP) is 5.40. The lowest BCUT2D eigenvalue weighted by molar-refractivity contribution is 0.0927. The SMILES string of the molecule is COc1cc2c(cc1OC)CN(CCCCCCNC(=O)c1cc3cc(I)ccc3o1)CC2. The van der Waals surface area contributed by atoms with E-state index in [1.807, 2.05) is 24.3 Å². The number of halogens is 1. The molecule has 1 aliphatic rings. The highest BCUT2D eigenvalue weighted by atomic mass is 127. The highest BCUT2D eigenvalue weighted by Crippen LogP contribution is 2.33. The molecule has 0 fully saturated rings. The monoisotopic (exact) mass is 562 g/mol. The number of nitrogens with one attached hydrogen (secondary N) is 1. The Balaban J connectivity index is 1.14. The van der Waals surface area contributed by atoms with Crippen LogP contribution in [0.15, 0.2) is 40.8 Å². The lowest BCUT2D eigenvalue weighted by Gasteiger charge is -2.29. The molecule has 7 heteroatoms. The van der Waals surface area contributed by atoms with Gasteiger partial charge >= 0.3 is 0 Å². The maximum absolute atomic E-state index is 12.4. The molecule has 1 N–H and O–H groups in total. The standard InChI is InChI=1S/C26H31IN2O4/c1-31-23-14-18-9-12-29(17-20(18)16-24(23)32-2)11-6-4-3-5-10-28-26(30)25-15-19-13-21(27)7-8-22(19)33-25/h7-8,13-16H,3-6,9-12,17H2,1-2H3,(H,28,30). The maximum Gasteiger partial charge on any atom is 0.287 e. The molecule has 0 spiro atoms. The predicted molar refractivity (Wildman–Crippen MR) is 138 cm³/mol. The molecule has 176 valence electrons. The molecule has 0 aliphatic carbocycles. The number of methoxy groups -OCH3 is 2. The second-order valence-corrected chi connectivity index (χ2v) is 9.71. The summed E-state index contributed by atoms with van der Waals surface area (Å²) in [4.78, 5) is 14.9. The van der Waals surface area contributed by atoms with E-state index in [1.54, 1.807) is 14.2 Å². The summed E-state index contributed by atoms with van der Waals surface area (Å²) in [7, 11) is 3.37. The number of fused-ring (bicyclic) bond motifs is 2. The molecular formula is C26H31IN2O4. The number of nitrogens with zero attached hydrogens (tertiary/aromatic N) is 1. The zero-order valence-electron chi connectivity index (χ0n) is 19.3. The van der Waals surface area contributed by atoms with Crippen molar-refractivity contribution in [1.29, 1.82) is 0 Å². The second-order valence-electron chi connectivity index (χ2n) is 8.46. The van der Waals surface area contributed by atoms with Gasteiger partial charge in [-0.15, -0.1) is 0 Å². The van der Waals surface area contributed by atoms with Gasteiger partial charge < -0.3 is 19.2 Å². The smallest absolute Gasteiger partial charge is 0.287 e. The zero-order chi connectivity index (χ0) is 23.2. The number of rotatable bonds is 10. The number of hydrogen-bond acceptors (Lipinski definition) is 5. The molecule has 2 heterocycles. The van der Waals surface area contributed by atoms with Crippen molar-refractivity contribution in [1.82, 2.24) is 10.2 Å². The van der Waals surface area contributed by atoms with E-state index in [1.165, 1.54) is 17.5 Å².